The SMILES string of the molecule is CC(=O)CSC[C@@H]1C[C@@H]2c3cccc4[nH]cc(c34)C[C@@]2(N)N(C)C1. The molecule has 24 heavy (non-hydrogen) atoms. The molecule has 3 N–H and O–H groups in total. The van der Waals surface area contributed by atoms with Gasteiger partial charge in [0.2, 0.25) is 0 Å². The zero-order valence-electron chi connectivity index (χ0n) is 14.3. The van der Waals surface area contributed by atoms with Crippen LogP contribution in [0.3, 0.4) is 0 Å². The van der Waals surface area contributed by atoms with E-state index in [1.807, 2.05) is 0 Å². The van der Waals surface area contributed by atoms with Crippen LogP contribution in [0.2, 0.25) is 0 Å². The molecule has 1 aliphatic carbocycles. The van der Waals surface area contributed by atoms with Crippen molar-refractivity contribution in [3.63, 3.8) is 0 Å². The molecule has 0 bridgehead atoms. The molecule has 0 radical (unpaired) electrons. The number of benzene rings is 1. The first kappa shape index (κ1) is 16.2. The van der Waals surface area contributed by atoms with Crippen molar-refractivity contribution in [3.8, 4) is 0 Å². The summed E-state index contributed by atoms with van der Waals surface area (Å²) >= 11 is 1.76. The van der Waals surface area contributed by atoms with Gasteiger partial charge in [-0.1, -0.05) is 12.1 Å². The molecule has 1 aromatic carbocycles. The fourth-order valence-electron chi connectivity index (χ4n) is 4.60. The van der Waals surface area contributed by atoms with Crippen molar-refractivity contribution in [1.82, 2.24) is 9.88 Å². The second kappa shape index (κ2) is 5.90. The maximum Gasteiger partial charge on any atom is 0.139 e. The minimum Gasteiger partial charge on any atom is -0.361 e. The zero-order chi connectivity index (χ0) is 16.9. The summed E-state index contributed by atoms with van der Waals surface area (Å²) < 4.78 is 0. The first-order valence-corrected chi connectivity index (χ1v) is 9.80. The lowest BCUT2D eigenvalue weighted by Gasteiger charge is -2.53. The van der Waals surface area contributed by atoms with E-state index in [1.165, 1.54) is 22.0 Å². The number of carbonyl (C=O) groups is 1. The van der Waals surface area contributed by atoms with Crippen LogP contribution < -0.4 is 5.73 Å². The summed E-state index contributed by atoms with van der Waals surface area (Å²) in [5, 5.41) is 1.38. The van der Waals surface area contributed by atoms with Gasteiger partial charge in [0.15, 0.2) is 0 Å². The Morgan fingerprint density at radius 1 is 1.50 bits per heavy atom. The van der Waals surface area contributed by atoms with E-state index in [0.29, 0.717) is 17.6 Å². The highest BCUT2D eigenvalue weighted by Crippen LogP contribution is 2.48. The summed E-state index contributed by atoms with van der Waals surface area (Å²) in [6, 6.07) is 6.54. The Kier molecular flexibility index (Phi) is 3.98. The van der Waals surface area contributed by atoms with E-state index in [4.69, 9.17) is 5.73 Å². The third-order valence-corrected chi connectivity index (χ3v) is 7.06. The molecule has 2 heterocycles. The van der Waals surface area contributed by atoms with Crippen LogP contribution >= 0.6 is 11.8 Å². The third kappa shape index (κ3) is 2.50. The van der Waals surface area contributed by atoms with Crippen molar-refractivity contribution in [2.75, 3.05) is 25.1 Å². The van der Waals surface area contributed by atoms with Gasteiger partial charge >= 0.3 is 0 Å². The molecule has 0 saturated carbocycles. The topological polar surface area (TPSA) is 62.1 Å². The van der Waals surface area contributed by atoms with Crippen molar-refractivity contribution >= 4 is 28.4 Å². The van der Waals surface area contributed by atoms with Crippen LogP contribution in [0.4, 0.5) is 0 Å². The molecule has 2 aliphatic rings. The van der Waals surface area contributed by atoms with Crippen molar-refractivity contribution < 1.29 is 4.79 Å². The monoisotopic (exact) mass is 343 g/mol. The van der Waals surface area contributed by atoms with E-state index in [1.54, 1.807) is 18.7 Å². The van der Waals surface area contributed by atoms with E-state index >= 15 is 0 Å². The largest absolute Gasteiger partial charge is 0.361 e. The van der Waals surface area contributed by atoms with Gasteiger partial charge < -0.3 is 10.7 Å². The lowest BCUT2D eigenvalue weighted by atomic mass is 9.69. The first-order chi connectivity index (χ1) is 11.5. The van der Waals surface area contributed by atoms with Crippen LogP contribution in [0, 0.1) is 5.92 Å². The van der Waals surface area contributed by atoms with Gasteiger partial charge in [-0.05, 0) is 49.3 Å². The Morgan fingerprint density at radius 2 is 2.33 bits per heavy atom. The number of carbonyl (C=O) groups excluding carboxylic acids is 1. The number of likely N-dealkylation sites (N-methyl/N-ethyl adjacent to an activating group) is 1. The molecule has 1 saturated heterocycles. The van der Waals surface area contributed by atoms with E-state index < -0.39 is 0 Å². The lowest BCUT2D eigenvalue weighted by molar-refractivity contribution is -0.114. The van der Waals surface area contributed by atoms with Crippen molar-refractivity contribution in [1.29, 1.82) is 0 Å². The molecule has 1 fully saturated rings. The number of hydrogen-bond donors (Lipinski definition) is 2. The smallest absolute Gasteiger partial charge is 0.139 e. The Morgan fingerprint density at radius 3 is 3.12 bits per heavy atom. The summed E-state index contributed by atoms with van der Waals surface area (Å²) in [5.41, 5.74) is 10.6. The summed E-state index contributed by atoms with van der Waals surface area (Å²) in [4.78, 5) is 17.0. The van der Waals surface area contributed by atoms with Gasteiger partial charge in [0.25, 0.3) is 0 Å². The van der Waals surface area contributed by atoms with E-state index in [0.717, 1.165) is 25.1 Å². The number of nitrogens with zero attached hydrogens (tertiary/aromatic N) is 1. The maximum absolute atomic E-state index is 11.2. The molecule has 1 aliphatic heterocycles. The lowest BCUT2D eigenvalue weighted by Crippen LogP contribution is -2.65. The number of hydrogen-bond acceptors (Lipinski definition) is 4. The summed E-state index contributed by atoms with van der Waals surface area (Å²) in [7, 11) is 2.16. The highest BCUT2D eigenvalue weighted by Gasteiger charge is 2.48. The fraction of sp³-hybridized carbons (Fsp3) is 0.526. The van der Waals surface area contributed by atoms with Crippen LogP contribution in [-0.2, 0) is 11.2 Å². The number of piperidine rings is 1. The highest BCUT2D eigenvalue weighted by molar-refractivity contribution is 7.99. The standard InChI is InChI=1S/C19H25N3OS/c1-12(23)10-24-11-13-6-16-15-4-3-5-17-18(15)14(8-21-17)7-19(16,20)22(2)9-13/h3-5,8,13,16,21H,6-7,9-11,20H2,1-2H3/t13-,16-,19-/m1/s1. The Bertz CT molecular complexity index is 786. The molecule has 1 aromatic heterocycles. The molecule has 4 nitrogen and oxygen atoms in total. The minimum atomic E-state index is -0.300. The first-order valence-electron chi connectivity index (χ1n) is 8.65. The van der Waals surface area contributed by atoms with Crippen molar-refractivity contribution in [3.05, 3.63) is 35.5 Å². The molecule has 5 heteroatoms. The fourth-order valence-corrected chi connectivity index (χ4v) is 5.58. The van der Waals surface area contributed by atoms with E-state index in [-0.39, 0.29) is 11.4 Å². The number of ketones is 1. The second-order valence-corrected chi connectivity index (χ2v) is 8.53. The van der Waals surface area contributed by atoms with Crippen LogP contribution in [0.5, 0.6) is 0 Å². The quantitative estimate of drug-likeness (QED) is 0.896. The molecule has 0 amide bonds. The zero-order valence-corrected chi connectivity index (χ0v) is 15.2. The van der Waals surface area contributed by atoms with Crippen molar-refractivity contribution in [2.45, 2.75) is 31.3 Å². The van der Waals surface area contributed by atoms with Gasteiger partial charge in [-0.15, -0.1) is 0 Å². The molecule has 4 rings (SSSR count). The number of Topliss-reactive ketones (excluding diaryl/α,β-unsaturated/α-hetero) is 1. The third-order valence-electron chi connectivity index (χ3n) is 5.74. The van der Waals surface area contributed by atoms with Gasteiger partial charge in [-0.2, -0.15) is 11.8 Å². The molecule has 128 valence electrons. The van der Waals surface area contributed by atoms with Gasteiger partial charge in [0.1, 0.15) is 5.78 Å². The molecule has 0 unspecified atom stereocenters. The Hall–Kier alpha value is -1.30. The maximum atomic E-state index is 11.2. The average molecular weight is 343 g/mol. The predicted molar refractivity (Wildman–Crippen MR) is 100 cm³/mol. The van der Waals surface area contributed by atoms with Crippen LogP contribution in [0.15, 0.2) is 24.4 Å². The van der Waals surface area contributed by atoms with Gasteiger partial charge in [-0.25, -0.2) is 0 Å². The highest BCUT2D eigenvalue weighted by atomic mass is 32.2. The average Bonchev–Trinajstić information content (AvgIpc) is 2.93. The predicted octanol–water partition coefficient (Wildman–Crippen LogP) is 2.74. The molecular weight excluding hydrogens is 318 g/mol. The summed E-state index contributed by atoms with van der Waals surface area (Å²) in [5.74, 6) is 2.85. The van der Waals surface area contributed by atoms with Gasteiger partial charge in [0, 0.05) is 36.0 Å². The van der Waals surface area contributed by atoms with Crippen molar-refractivity contribution in [2.24, 2.45) is 11.7 Å². The van der Waals surface area contributed by atoms with E-state index in [9.17, 15) is 4.79 Å². The number of H-pyrrole nitrogens is 1. The Labute approximate surface area is 147 Å². The number of likely N-dealkylation sites (tertiary alicyclic amines) is 1. The number of aromatic nitrogens is 1. The van der Waals surface area contributed by atoms with Gasteiger partial charge in [-0.3, -0.25) is 9.69 Å². The van der Waals surface area contributed by atoms with Gasteiger partial charge in [0.05, 0.1) is 11.4 Å². The summed E-state index contributed by atoms with van der Waals surface area (Å²) in [6.45, 7) is 2.67. The van der Waals surface area contributed by atoms with Crippen LogP contribution in [-0.4, -0.2) is 46.4 Å². The number of nitrogens with one attached hydrogen (secondary N) is 1. The van der Waals surface area contributed by atoms with E-state index in [2.05, 4.69) is 41.3 Å². The Balaban J connectivity index is 1.65. The van der Waals surface area contributed by atoms with Crippen LogP contribution in [0.1, 0.15) is 30.4 Å². The number of aromatic amines is 1. The molecule has 2 aromatic rings. The number of fused-ring (bicyclic) bond motifs is 2. The number of rotatable bonds is 4. The molecule has 0 spiro atoms. The number of nitrogens with two attached hydrogens (primary N) is 1. The normalized spacial score (nSPS) is 29.6. The summed E-state index contributed by atoms with van der Waals surface area (Å²) in [6.07, 6.45) is 4.13. The van der Waals surface area contributed by atoms with Crippen LogP contribution in [0.25, 0.3) is 10.9 Å². The minimum absolute atomic E-state index is 0.261. The molecule has 3 atom stereocenters. The second-order valence-electron chi connectivity index (χ2n) is 7.50. The molecular formula is C19H25N3OS. The number of thioether (sulfide) groups is 1.